The van der Waals surface area contributed by atoms with Crippen LogP contribution in [0.15, 0.2) is 146 Å². The molecule has 1 aliphatic carbocycles. The van der Waals surface area contributed by atoms with Crippen LogP contribution in [-0.4, -0.2) is 14.5 Å². The summed E-state index contributed by atoms with van der Waals surface area (Å²) in [6.45, 7) is 2.11. The summed E-state index contributed by atoms with van der Waals surface area (Å²) < 4.78 is 9.52. The van der Waals surface area contributed by atoms with Crippen LogP contribution in [-0.2, 0) is 0 Å². The van der Waals surface area contributed by atoms with Crippen molar-refractivity contribution in [2.45, 2.75) is 18.9 Å². The van der Waals surface area contributed by atoms with Crippen LogP contribution in [0, 0.1) is 6.92 Å². The van der Waals surface area contributed by atoms with Gasteiger partial charge in [0, 0.05) is 22.1 Å². The van der Waals surface area contributed by atoms with Crippen LogP contribution in [0.25, 0.3) is 71.7 Å². The molecule has 0 radical (unpaired) electrons. The number of rotatable bonds is 2. The molecule has 3 heterocycles. The lowest BCUT2D eigenvalue weighted by atomic mass is 9.75. The fourth-order valence-electron chi connectivity index (χ4n) is 8.55. The van der Waals surface area contributed by atoms with Gasteiger partial charge >= 0.3 is 0 Å². The van der Waals surface area contributed by atoms with Crippen molar-refractivity contribution in [2.75, 3.05) is 0 Å². The van der Waals surface area contributed by atoms with Crippen molar-refractivity contribution in [1.82, 2.24) is 14.5 Å². The Morgan fingerprint density at radius 1 is 0.592 bits per heavy atom. The predicted molar refractivity (Wildman–Crippen MR) is 199 cm³/mol. The fourth-order valence-corrected chi connectivity index (χ4v) is 8.55. The number of benzene rings is 7. The largest absolute Gasteiger partial charge is 0.483 e. The predicted octanol–water partition coefficient (Wildman–Crippen LogP) is 11.1. The number of aryl methyl sites for hydroxylation is 1. The highest BCUT2D eigenvalue weighted by Gasteiger charge is 2.46. The van der Waals surface area contributed by atoms with E-state index < -0.39 is 0 Å². The molecule has 230 valence electrons. The second-order valence-corrected chi connectivity index (χ2v) is 13.3. The highest BCUT2D eigenvalue weighted by molar-refractivity contribution is 6.04. The van der Waals surface area contributed by atoms with Gasteiger partial charge < -0.3 is 4.74 Å². The topological polar surface area (TPSA) is 39.9 Å². The maximum Gasteiger partial charge on any atom is 0.164 e. The van der Waals surface area contributed by atoms with E-state index in [1.165, 1.54) is 43.8 Å². The molecule has 0 saturated heterocycles. The summed E-state index contributed by atoms with van der Waals surface area (Å²) in [5.41, 5.74) is 12.0. The van der Waals surface area contributed by atoms with Crippen molar-refractivity contribution in [3.8, 4) is 34.0 Å². The molecule has 2 unspecified atom stereocenters. The molecule has 9 aromatic rings. The zero-order valence-corrected chi connectivity index (χ0v) is 26.8. The first-order valence-corrected chi connectivity index (χ1v) is 16.9. The lowest BCUT2D eigenvalue weighted by Gasteiger charge is -2.30. The molecule has 1 aliphatic heterocycles. The molecular weight excluding hydrogens is 599 g/mol. The summed E-state index contributed by atoms with van der Waals surface area (Å²) in [5, 5.41) is 5.97. The van der Waals surface area contributed by atoms with Gasteiger partial charge in [-0.1, -0.05) is 121 Å². The average molecular weight is 628 g/mol. The quantitative estimate of drug-likeness (QED) is 0.191. The zero-order valence-electron chi connectivity index (χ0n) is 26.8. The fraction of sp³-hybridized carbons (Fsp3) is 0.0667. The zero-order chi connectivity index (χ0) is 32.2. The molecule has 4 nitrogen and oxygen atoms in total. The smallest absolute Gasteiger partial charge is 0.164 e. The monoisotopic (exact) mass is 627 g/mol. The van der Waals surface area contributed by atoms with Gasteiger partial charge in [0.2, 0.25) is 0 Å². The third kappa shape index (κ3) is 3.69. The van der Waals surface area contributed by atoms with E-state index in [2.05, 4.69) is 157 Å². The number of para-hydroxylation sites is 1. The summed E-state index contributed by atoms with van der Waals surface area (Å²) in [7, 11) is 0. The molecular formula is C45H29N3O. The van der Waals surface area contributed by atoms with E-state index in [1.807, 2.05) is 0 Å². The van der Waals surface area contributed by atoms with Crippen molar-refractivity contribution in [3.63, 3.8) is 0 Å². The summed E-state index contributed by atoms with van der Waals surface area (Å²) in [5.74, 6) is 1.78. The first-order valence-electron chi connectivity index (χ1n) is 16.9. The average Bonchev–Trinajstić information content (AvgIpc) is 3.71. The minimum atomic E-state index is -0.256. The van der Waals surface area contributed by atoms with E-state index in [0.717, 1.165) is 56.0 Å². The lowest BCUT2D eigenvalue weighted by Crippen LogP contribution is -2.21. The minimum Gasteiger partial charge on any atom is -0.483 e. The second kappa shape index (κ2) is 9.88. The van der Waals surface area contributed by atoms with Gasteiger partial charge in [-0.2, -0.15) is 0 Å². The van der Waals surface area contributed by atoms with Gasteiger partial charge in [0.15, 0.2) is 11.9 Å². The number of hydrogen-bond acceptors (Lipinski definition) is 3. The van der Waals surface area contributed by atoms with Crippen LogP contribution in [0.4, 0.5) is 0 Å². The summed E-state index contributed by atoms with van der Waals surface area (Å²) in [4.78, 5) is 11.0. The molecule has 0 spiro atoms. The maximum absolute atomic E-state index is 7.15. The van der Waals surface area contributed by atoms with Crippen molar-refractivity contribution in [2.24, 2.45) is 0 Å². The van der Waals surface area contributed by atoms with Crippen LogP contribution in [0.2, 0.25) is 0 Å². The van der Waals surface area contributed by atoms with Gasteiger partial charge in [-0.25, -0.2) is 9.97 Å². The van der Waals surface area contributed by atoms with Crippen LogP contribution in [0.5, 0.6) is 5.75 Å². The highest BCUT2D eigenvalue weighted by Crippen LogP contribution is 2.60. The second-order valence-electron chi connectivity index (χ2n) is 13.3. The normalized spacial score (nSPS) is 16.0. The Hall–Kier alpha value is -6.26. The van der Waals surface area contributed by atoms with Crippen LogP contribution < -0.4 is 4.74 Å². The maximum atomic E-state index is 7.15. The molecule has 11 rings (SSSR count). The Balaban J connectivity index is 1.29. The first-order chi connectivity index (χ1) is 24.2. The molecule has 49 heavy (non-hydrogen) atoms. The number of aromatic nitrogens is 3. The van der Waals surface area contributed by atoms with Gasteiger partial charge in [0.25, 0.3) is 0 Å². The Labute approximate surface area is 282 Å². The summed E-state index contributed by atoms with van der Waals surface area (Å²) in [6.07, 6.45) is -0.256. The van der Waals surface area contributed by atoms with Crippen molar-refractivity contribution in [3.05, 3.63) is 168 Å². The Morgan fingerprint density at radius 2 is 1.31 bits per heavy atom. The van der Waals surface area contributed by atoms with E-state index >= 15 is 0 Å². The molecule has 0 bridgehead atoms. The molecule has 2 aromatic heterocycles. The van der Waals surface area contributed by atoms with Gasteiger partial charge in [0.05, 0.1) is 28.2 Å². The number of fused-ring (bicyclic) bond motifs is 14. The molecule has 2 aliphatic rings. The van der Waals surface area contributed by atoms with E-state index in [1.54, 1.807) is 0 Å². The third-order valence-corrected chi connectivity index (χ3v) is 10.6. The molecule has 4 heteroatoms. The van der Waals surface area contributed by atoms with Crippen LogP contribution >= 0.6 is 0 Å². The van der Waals surface area contributed by atoms with Crippen molar-refractivity contribution in [1.29, 1.82) is 0 Å². The van der Waals surface area contributed by atoms with Crippen LogP contribution in [0.3, 0.4) is 0 Å². The van der Waals surface area contributed by atoms with Gasteiger partial charge in [-0.15, -0.1) is 0 Å². The molecule has 2 atom stereocenters. The van der Waals surface area contributed by atoms with Crippen molar-refractivity contribution >= 4 is 43.5 Å². The Morgan fingerprint density at radius 3 is 2.20 bits per heavy atom. The highest BCUT2D eigenvalue weighted by atomic mass is 16.5. The SMILES string of the molecule is Cc1ccc2nc(-c3cccc4ccccc34)c(-n3c4c(c5ccccc53)-c3ccccc3C3c5c(ccc6ccccc56)OC43)nc2c1. The van der Waals surface area contributed by atoms with Crippen LogP contribution in [0.1, 0.15) is 34.4 Å². The number of ether oxygens (including phenoxy) is 1. The summed E-state index contributed by atoms with van der Waals surface area (Å²) in [6, 6.07) is 52.0. The lowest BCUT2D eigenvalue weighted by molar-refractivity contribution is 0.214. The third-order valence-electron chi connectivity index (χ3n) is 10.6. The van der Waals surface area contributed by atoms with Gasteiger partial charge in [-0.3, -0.25) is 4.57 Å². The molecule has 0 N–H and O–H groups in total. The van der Waals surface area contributed by atoms with Gasteiger partial charge in [0.1, 0.15) is 11.4 Å². The Bertz CT molecular complexity index is 2840. The first kappa shape index (κ1) is 26.8. The number of nitrogens with zero attached hydrogens (tertiary/aromatic N) is 3. The van der Waals surface area contributed by atoms with E-state index in [9.17, 15) is 0 Å². The van der Waals surface area contributed by atoms with Gasteiger partial charge in [-0.05, 0) is 69.4 Å². The molecule has 7 aromatic carbocycles. The van der Waals surface area contributed by atoms with Crippen molar-refractivity contribution < 1.29 is 4.74 Å². The molecule has 0 amide bonds. The standard InChI is InChI=1S/C45H29N3O/c1-26-21-23-35-36(25-26)47-45(42(46-35)33-19-10-13-27-11-2-4-14-29(27)33)48-37-20-9-8-18-34(37)39-31-16-6-7-17-32(31)41-40-30-15-5-3-12-28(30)22-24-38(40)49-44(41)43(39)48/h2-25,41,44H,1H3. The molecule has 0 fully saturated rings. The van der Waals surface area contributed by atoms with E-state index in [0.29, 0.717) is 0 Å². The minimum absolute atomic E-state index is 0.0181. The Kier molecular flexibility index (Phi) is 5.40. The summed E-state index contributed by atoms with van der Waals surface area (Å²) >= 11 is 0. The van der Waals surface area contributed by atoms with E-state index in [4.69, 9.17) is 14.7 Å². The van der Waals surface area contributed by atoms with E-state index in [-0.39, 0.29) is 12.0 Å². The molecule has 0 saturated carbocycles. The number of hydrogen-bond donors (Lipinski definition) is 0.